The van der Waals surface area contributed by atoms with E-state index < -0.39 is 0 Å². The molecule has 0 amide bonds. The molecule has 108 valence electrons. The van der Waals surface area contributed by atoms with E-state index in [2.05, 4.69) is 12.1 Å². The van der Waals surface area contributed by atoms with Crippen LogP contribution in [0, 0.1) is 11.3 Å². The van der Waals surface area contributed by atoms with Crippen LogP contribution in [0.4, 0.5) is 0 Å². The third-order valence-corrected chi connectivity index (χ3v) is 5.77. The minimum atomic E-state index is -0.238. The standard InChI is InChI=1S/C18H13NO2Se/c1-2-21-18(20)17-16(13-9-7-12(11-19)8-10-13)14-5-3-4-6-15(14)22-17/h3-10H,2H2,1H3. The second-order valence-corrected chi connectivity index (χ2v) is 6.92. The van der Waals surface area contributed by atoms with E-state index in [4.69, 9.17) is 10.00 Å². The van der Waals surface area contributed by atoms with Crippen LogP contribution in [0.2, 0.25) is 0 Å². The van der Waals surface area contributed by atoms with Crippen molar-refractivity contribution in [3.05, 3.63) is 58.5 Å². The molecule has 0 aliphatic carbocycles. The number of nitrogens with zero attached hydrogens (tertiary/aromatic N) is 1. The summed E-state index contributed by atoms with van der Waals surface area (Å²) in [6, 6.07) is 17.5. The Hall–Kier alpha value is -2.34. The Morgan fingerprint density at radius 3 is 2.59 bits per heavy atom. The molecule has 3 nitrogen and oxygen atoms in total. The predicted molar refractivity (Wildman–Crippen MR) is 87.0 cm³/mol. The molecule has 0 N–H and O–H groups in total. The van der Waals surface area contributed by atoms with Gasteiger partial charge in [-0.1, -0.05) is 0 Å². The van der Waals surface area contributed by atoms with E-state index >= 15 is 0 Å². The number of carbonyl (C=O) groups is 1. The molecule has 0 saturated heterocycles. The Bertz CT molecular complexity index is 872. The van der Waals surface area contributed by atoms with Gasteiger partial charge in [0.15, 0.2) is 0 Å². The van der Waals surface area contributed by atoms with Crippen LogP contribution in [0.3, 0.4) is 0 Å². The molecule has 4 heteroatoms. The summed E-state index contributed by atoms with van der Waals surface area (Å²) in [4.78, 5) is 12.3. The zero-order chi connectivity index (χ0) is 15.5. The van der Waals surface area contributed by atoms with Gasteiger partial charge in [-0.25, -0.2) is 0 Å². The van der Waals surface area contributed by atoms with E-state index in [1.165, 1.54) is 4.26 Å². The Labute approximate surface area is 134 Å². The van der Waals surface area contributed by atoms with E-state index in [0.717, 1.165) is 21.0 Å². The van der Waals surface area contributed by atoms with E-state index in [-0.39, 0.29) is 20.5 Å². The van der Waals surface area contributed by atoms with E-state index in [1.807, 2.05) is 37.3 Å². The third kappa shape index (κ3) is 2.57. The maximum atomic E-state index is 12.3. The van der Waals surface area contributed by atoms with Gasteiger partial charge in [0.25, 0.3) is 0 Å². The van der Waals surface area contributed by atoms with Crippen LogP contribution >= 0.6 is 0 Å². The molecule has 22 heavy (non-hydrogen) atoms. The van der Waals surface area contributed by atoms with Crippen molar-refractivity contribution in [2.45, 2.75) is 6.92 Å². The Morgan fingerprint density at radius 2 is 1.91 bits per heavy atom. The Kier molecular flexibility index (Phi) is 4.11. The van der Waals surface area contributed by atoms with Crippen molar-refractivity contribution in [3.63, 3.8) is 0 Å². The maximum absolute atomic E-state index is 12.3. The zero-order valence-electron chi connectivity index (χ0n) is 12.0. The summed E-state index contributed by atoms with van der Waals surface area (Å²) in [5.74, 6) is -0.238. The number of hydrogen-bond donors (Lipinski definition) is 0. The number of ether oxygens (including phenoxy) is 1. The summed E-state index contributed by atoms with van der Waals surface area (Å²) >= 11 is -0.0495. The average Bonchev–Trinajstić information content (AvgIpc) is 2.95. The molecule has 0 fully saturated rings. The molecule has 0 bridgehead atoms. The van der Waals surface area contributed by atoms with E-state index in [0.29, 0.717) is 12.2 Å². The van der Waals surface area contributed by atoms with Gasteiger partial charge in [-0.2, -0.15) is 0 Å². The summed E-state index contributed by atoms with van der Waals surface area (Å²) in [7, 11) is 0. The summed E-state index contributed by atoms with van der Waals surface area (Å²) in [5, 5.41) is 10.0. The SMILES string of the molecule is CCOC(=O)c1[se]c2ccccc2c1-c1ccc(C#N)cc1. The van der Waals surface area contributed by atoms with Crippen LogP contribution in [-0.2, 0) is 4.74 Å². The molecule has 1 aromatic heterocycles. The molecule has 0 atom stereocenters. The molecule has 0 spiro atoms. The molecule has 0 saturated carbocycles. The van der Waals surface area contributed by atoms with E-state index in [9.17, 15) is 4.79 Å². The van der Waals surface area contributed by atoms with Crippen LogP contribution < -0.4 is 0 Å². The Balaban J connectivity index is 2.22. The summed E-state index contributed by atoms with van der Waals surface area (Å²) in [5.41, 5.74) is 2.51. The van der Waals surface area contributed by atoms with Gasteiger partial charge in [0.05, 0.1) is 0 Å². The fourth-order valence-electron chi connectivity index (χ4n) is 2.38. The van der Waals surface area contributed by atoms with Crippen molar-refractivity contribution < 1.29 is 9.53 Å². The van der Waals surface area contributed by atoms with Gasteiger partial charge >= 0.3 is 134 Å². The van der Waals surface area contributed by atoms with Gasteiger partial charge in [0.2, 0.25) is 0 Å². The molecule has 0 unspecified atom stereocenters. The van der Waals surface area contributed by atoms with Crippen LogP contribution in [0.15, 0.2) is 48.5 Å². The van der Waals surface area contributed by atoms with Gasteiger partial charge in [-0.05, 0) is 0 Å². The van der Waals surface area contributed by atoms with Crippen molar-refractivity contribution >= 4 is 30.1 Å². The number of rotatable bonds is 3. The molecule has 3 rings (SSSR count). The first-order valence-corrected chi connectivity index (χ1v) is 8.65. The molecule has 3 aromatic rings. The summed E-state index contributed by atoms with van der Waals surface area (Å²) in [6.45, 7) is 2.18. The molecule has 0 radical (unpaired) electrons. The number of hydrogen-bond acceptors (Lipinski definition) is 3. The van der Waals surface area contributed by atoms with Crippen molar-refractivity contribution in [2.75, 3.05) is 6.61 Å². The van der Waals surface area contributed by atoms with Crippen LogP contribution in [-0.4, -0.2) is 27.1 Å². The number of benzene rings is 2. The fourth-order valence-corrected chi connectivity index (χ4v) is 4.73. The fraction of sp³-hybridized carbons (Fsp3) is 0.111. The zero-order valence-corrected chi connectivity index (χ0v) is 13.7. The normalized spacial score (nSPS) is 10.4. The van der Waals surface area contributed by atoms with Crippen molar-refractivity contribution in [3.8, 4) is 17.2 Å². The van der Waals surface area contributed by atoms with Gasteiger partial charge in [-0.15, -0.1) is 0 Å². The predicted octanol–water partition coefficient (Wildman–Crippen LogP) is 3.61. The number of esters is 1. The van der Waals surface area contributed by atoms with Gasteiger partial charge in [-0.3, -0.25) is 0 Å². The first kappa shape index (κ1) is 14.6. The molecular formula is C18H13NO2Se. The van der Waals surface area contributed by atoms with Crippen molar-refractivity contribution in [1.29, 1.82) is 5.26 Å². The number of nitriles is 1. The van der Waals surface area contributed by atoms with Crippen LogP contribution in [0.25, 0.3) is 20.8 Å². The van der Waals surface area contributed by atoms with Gasteiger partial charge < -0.3 is 0 Å². The molecule has 0 aliphatic rings. The second kappa shape index (κ2) is 6.19. The molecule has 0 aliphatic heterocycles. The summed E-state index contributed by atoms with van der Waals surface area (Å²) < 4.78 is 7.16. The second-order valence-electron chi connectivity index (χ2n) is 4.71. The number of fused-ring (bicyclic) bond motifs is 1. The van der Waals surface area contributed by atoms with Gasteiger partial charge in [0, 0.05) is 0 Å². The minimum absolute atomic E-state index is 0.0495. The summed E-state index contributed by atoms with van der Waals surface area (Å²) in [6.07, 6.45) is 0. The monoisotopic (exact) mass is 355 g/mol. The molecule has 1 heterocycles. The third-order valence-electron chi connectivity index (χ3n) is 3.36. The average molecular weight is 354 g/mol. The van der Waals surface area contributed by atoms with Crippen molar-refractivity contribution in [1.82, 2.24) is 0 Å². The quantitative estimate of drug-likeness (QED) is 0.533. The first-order valence-electron chi connectivity index (χ1n) is 6.93. The van der Waals surface area contributed by atoms with Crippen LogP contribution in [0.5, 0.6) is 0 Å². The van der Waals surface area contributed by atoms with Gasteiger partial charge in [0.1, 0.15) is 0 Å². The van der Waals surface area contributed by atoms with E-state index in [1.54, 1.807) is 12.1 Å². The topological polar surface area (TPSA) is 50.1 Å². The van der Waals surface area contributed by atoms with Crippen LogP contribution in [0.1, 0.15) is 21.7 Å². The van der Waals surface area contributed by atoms with Crippen molar-refractivity contribution in [2.24, 2.45) is 0 Å². The Morgan fingerprint density at radius 1 is 1.18 bits per heavy atom. The first-order chi connectivity index (χ1) is 10.7. The number of carbonyl (C=O) groups excluding carboxylic acids is 1. The molecular weight excluding hydrogens is 341 g/mol. The molecule has 2 aromatic carbocycles.